The summed E-state index contributed by atoms with van der Waals surface area (Å²) in [4.78, 5) is 21.8. The third-order valence-corrected chi connectivity index (χ3v) is 5.02. The highest BCUT2D eigenvalue weighted by molar-refractivity contribution is 7.92. The average molecular weight is 384 g/mol. The highest BCUT2D eigenvalue weighted by atomic mass is 32.2. The highest BCUT2D eigenvalue weighted by Crippen LogP contribution is 2.26. The van der Waals surface area contributed by atoms with Crippen molar-refractivity contribution in [1.82, 2.24) is 0 Å². The Morgan fingerprint density at radius 3 is 2.19 bits per heavy atom. The van der Waals surface area contributed by atoms with Crippen LogP contribution in [0.2, 0.25) is 0 Å². The van der Waals surface area contributed by atoms with Crippen molar-refractivity contribution in [3.8, 4) is 0 Å². The van der Waals surface area contributed by atoms with E-state index >= 15 is 0 Å². The van der Waals surface area contributed by atoms with Gasteiger partial charge in [-0.1, -0.05) is 0 Å². The van der Waals surface area contributed by atoms with Crippen molar-refractivity contribution in [2.75, 3.05) is 16.2 Å². The second-order valence-corrected chi connectivity index (χ2v) is 7.07. The van der Waals surface area contributed by atoms with E-state index in [0.29, 0.717) is 22.1 Å². The van der Waals surface area contributed by atoms with Crippen molar-refractivity contribution in [2.24, 2.45) is 0 Å². The van der Waals surface area contributed by atoms with Crippen LogP contribution in [-0.4, -0.2) is 31.9 Å². The molecule has 0 atom stereocenters. The maximum absolute atomic E-state index is 13.5. The Labute approximate surface area is 147 Å². The fourth-order valence-corrected chi connectivity index (χ4v) is 3.52. The van der Waals surface area contributed by atoms with Crippen LogP contribution in [0.1, 0.15) is 6.92 Å². The van der Waals surface area contributed by atoms with Crippen LogP contribution in [0.3, 0.4) is 0 Å². The van der Waals surface area contributed by atoms with Gasteiger partial charge < -0.3 is 10.4 Å². The summed E-state index contributed by atoms with van der Waals surface area (Å²) < 4.78 is 52.5. The average Bonchev–Trinajstić information content (AvgIpc) is 2.55. The standard InChI is InChI=1S/C16H14F2N2O5S/c1-10(21)19-11-2-5-13(6-3-11)26(24,25)20(9-16(22)23)12-4-7-14(17)15(18)8-12/h2-8H,9H2,1H3,(H,19,21)(H,22,23). The number of rotatable bonds is 6. The molecule has 0 bridgehead atoms. The molecule has 0 saturated heterocycles. The van der Waals surface area contributed by atoms with E-state index in [1.54, 1.807) is 0 Å². The first-order valence-corrected chi connectivity index (χ1v) is 8.62. The Morgan fingerprint density at radius 1 is 1.08 bits per heavy atom. The highest BCUT2D eigenvalue weighted by Gasteiger charge is 2.27. The minimum atomic E-state index is -4.37. The molecular formula is C16H14F2N2O5S. The van der Waals surface area contributed by atoms with E-state index in [4.69, 9.17) is 5.11 Å². The van der Waals surface area contributed by atoms with Gasteiger partial charge in [0.1, 0.15) is 6.54 Å². The summed E-state index contributed by atoms with van der Waals surface area (Å²) in [7, 11) is -4.37. The van der Waals surface area contributed by atoms with Crippen molar-refractivity contribution < 1.29 is 31.9 Å². The van der Waals surface area contributed by atoms with Gasteiger partial charge in [-0.15, -0.1) is 0 Å². The summed E-state index contributed by atoms with van der Waals surface area (Å²) >= 11 is 0. The van der Waals surface area contributed by atoms with Crippen LogP contribution in [0.25, 0.3) is 0 Å². The molecule has 0 aliphatic heterocycles. The Morgan fingerprint density at radius 2 is 1.69 bits per heavy atom. The molecule has 26 heavy (non-hydrogen) atoms. The zero-order valence-electron chi connectivity index (χ0n) is 13.4. The molecule has 2 aromatic carbocycles. The van der Waals surface area contributed by atoms with Gasteiger partial charge in [0.25, 0.3) is 10.0 Å². The van der Waals surface area contributed by atoms with E-state index < -0.39 is 34.2 Å². The monoisotopic (exact) mass is 384 g/mol. The molecule has 0 unspecified atom stereocenters. The summed E-state index contributed by atoms with van der Waals surface area (Å²) in [5, 5.41) is 11.5. The number of amides is 1. The fourth-order valence-electron chi connectivity index (χ4n) is 2.12. The van der Waals surface area contributed by atoms with Crippen LogP contribution in [0.5, 0.6) is 0 Å². The van der Waals surface area contributed by atoms with Gasteiger partial charge in [0.05, 0.1) is 10.6 Å². The molecule has 1 amide bonds. The van der Waals surface area contributed by atoms with E-state index in [1.807, 2.05) is 0 Å². The van der Waals surface area contributed by atoms with E-state index in [-0.39, 0.29) is 16.5 Å². The number of carboxylic acid groups (broad SMARTS) is 1. The minimum Gasteiger partial charge on any atom is -0.480 e. The number of hydrogen-bond donors (Lipinski definition) is 2. The molecule has 138 valence electrons. The summed E-state index contributed by atoms with van der Waals surface area (Å²) in [6, 6.07) is 7.22. The third kappa shape index (κ3) is 4.33. The van der Waals surface area contributed by atoms with E-state index in [2.05, 4.69) is 5.32 Å². The minimum absolute atomic E-state index is 0.280. The van der Waals surface area contributed by atoms with Crippen molar-refractivity contribution in [3.63, 3.8) is 0 Å². The van der Waals surface area contributed by atoms with Crippen LogP contribution in [0.4, 0.5) is 20.2 Å². The lowest BCUT2D eigenvalue weighted by molar-refractivity contribution is -0.135. The van der Waals surface area contributed by atoms with Gasteiger partial charge in [0, 0.05) is 18.7 Å². The Bertz CT molecular complexity index is 946. The van der Waals surface area contributed by atoms with Gasteiger partial charge in [-0.3, -0.25) is 13.9 Å². The Balaban J connectivity index is 2.46. The topological polar surface area (TPSA) is 104 Å². The van der Waals surface area contributed by atoms with Crippen molar-refractivity contribution >= 4 is 33.3 Å². The van der Waals surface area contributed by atoms with Gasteiger partial charge in [-0.05, 0) is 36.4 Å². The molecule has 0 aliphatic carbocycles. The molecule has 0 saturated carbocycles. The van der Waals surface area contributed by atoms with Crippen LogP contribution in [0.15, 0.2) is 47.4 Å². The summed E-state index contributed by atoms with van der Waals surface area (Å²) in [6.45, 7) is 0.295. The van der Waals surface area contributed by atoms with E-state index in [9.17, 15) is 26.8 Å². The number of anilines is 2. The van der Waals surface area contributed by atoms with E-state index in [0.717, 1.165) is 18.2 Å². The molecule has 0 spiro atoms. The predicted octanol–water partition coefficient (Wildman–Crippen LogP) is 2.20. The zero-order chi connectivity index (χ0) is 19.5. The maximum atomic E-state index is 13.5. The number of carbonyl (C=O) groups is 2. The van der Waals surface area contributed by atoms with Crippen molar-refractivity contribution in [3.05, 3.63) is 54.1 Å². The smallest absolute Gasteiger partial charge is 0.324 e. The molecule has 2 rings (SSSR count). The van der Waals surface area contributed by atoms with Crippen LogP contribution in [-0.2, 0) is 19.6 Å². The Kier molecular flexibility index (Phi) is 5.56. The summed E-state index contributed by atoms with van der Waals surface area (Å²) in [5.74, 6) is -4.33. The number of halogens is 2. The number of benzene rings is 2. The van der Waals surface area contributed by atoms with Crippen LogP contribution >= 0.6 is 0 Å². The molecule has 0 aromatic heterocycles. The first-order valence-electron chi connectivity index (χ1n) is 7.18. The lowest BCUT2D eigenvalue weighted by Crippen LogP contribution is -2.35. The Hall–Kier alpha value is -3.01. The first-order chi connectivity index (χ1) is 12.1. The van der Waals surface area contributed by atoms with Gasteiger partial charge in [0.15, 0.2) is 11.6 Å². The molecule has 2 aromatic rings. The second-order valence-electron chi connectivity index (χ2n) is 5.21. The molecule has 0 fully saturated rings. The molecule has 2 N–H and O–H groups in total. The van der Waals surface area contributed by atoms with Crippen LogP contribution < -0.4 is 9.62 Å². The lowest BCUT2D eigenvalue weighted by Gasteiger charge is -2.23. The molecule has 0 heterocycles. The van der Waals surface area contributed by atoms with E-state index in [1.165, 1.54) is 19.1 Å². The zero-order valence-corrected chi connectivity index (χ0v) is 14.3. The van der Waals surface area contributed by atoms with Gasteiger partial charge in [-0.2, -0.15) is 0 Å². The van der Waals surface area contributed by atoms with Crippen molar-refractivity contribution in [2.45, 2.75) is 11.8 Å². The maximum Gasteiger partial charge on any atom is 0.324 e. The van der Waals surface area contributed by atoms with Gasteiger partial charge in [0.2, 0.25) is 5.91 Å². The number of aliphatic carboxylic acids is 1. The largest absolute Gasteiger partial charge is 0.480 e. The number of carboxylic acids is 1. The molecule has 7 nitrogen and oxygen atoms in total. The number of hydrogen-bond acceptors (Lipinski definition) is 4. The molecule has 0 radical (unpaired) electrons. The molecule has 10 heteroatoms. The SMILES string of the molecule is CC(=O)Nc1ccc(S(=O)(=O)N(CC(=O)O)c2ccc(F)c(F)c2)cc1. The third-order valence-electron chi connectivity index (χ3n) is 3.23. The van der Waals surface area contributed by atoms with Crippen LogP contribution in [0, 0.1) is 11.6 Å². The lowest BCUT2D eigenvalue weighted by atomic mass is 10.3. The second kappa shape index (κ2) is 7.48. The summed E-state index contributed by atoms with van der Waals surface area (Å²) in [5.41, 5.74) is 0.00583. The molecule has 0 aliphatic rings. The quantitative estimate of drug-likeness (QED) is 0.795. The van der Waals surface area contributed by atoms with Gasteiger partial charge >= 0.3 is 5.97 Å². The number of nitrogens with one attached hydrogen (secondary N) is 1. The fraction of sp³-hybridized carbons (Fsp3) is 0.125. The number of carbonyl (C=O) groups excluding carboxylic acids is 1. The molecular weight excluding hydrogens is 370 g/mol. The van der Waals surface area contributed by atoms with Gasteiger partial charge in [-0.25, -0.2) is 17.2 Å². The predicted molar refractivity (Wildman–Crippen MR) is 89.3 cm³/mol. The normalized spacial score (nSPS) is 11.0. The summed E-state index contributed by atoms with van der Waals surface area (Å²) in [6.07, 6.45) is 0. The number of nitrogens with zero attached hydrogens (tertiary/aromatic N) is 1. The number of sulfonamides is 1. The first kappa shape index (κ1) is 19.3. The van der Waals surface area contributed by atoms with Crippen molar-refractivity contribution in [1.29, 1.82) is 0 Å².